The van der Waals surface area contributed by atoms with Gasteiger partial charge in [0.05, 0.1) is 26.4 Å². The number of rotatable bonds is 6. The van der Waals surface area contributed by atoms with Crippen molar-refractivity contribution in [3.63, 3.8) is 0 Å². The van der Waals surface area contributed by atoms with Crippen molar-refractivity contribution in [2.24, 2.45) is 0 Å². The third-order valence-corrected chi connectivity index (χ3v) is 6.68. The molecule has 17 heteroatoms. The van der Waals surface area contributed by atoms with E-state index in [1.54, 1.807) is 0 Å². The van der Waals surface area contributed by atoms with Gasteiger partial charge in [-0.05, 0) is 0 Å². The number of hydrogen-bond donors (Lipinski definition) is 10. The third-order valence-electron chi connectivity index (χ3n) is 6.68. The molecule has 17 nitrogen and oxygen atoms in total. The Hall–Kier alpha value is -0.680. The van der Waals surface area contributed by atoms with Gasteiger partial charge in [0.25, 0.3) is 0 Å². The Labute approximate surface area is 209 Å². The fourth-order valence-corrected chi connectivity index (χ4v) is 4.34. The molecule has 0 aliphatic carbocycles. The molecule has 10 N–H and O–H groups in total. The molecule has 216 valence electrons. The highest BCUT2D eigenvalue weighted by Gasteiger charge is 2.49. The van der Waals surface area contributed by atoms with Gasteiger partial charge in [0.1, 0.15) is 73.2 Å². The number of aliphatic hydroxyl groups is 10. The van der Waals surface area contributed by atoms with Crippen molar-refractivity contribution in [1.82, 2.24) is 0 Å². The normalized spacial score (nSPS) is 53.7. The van der Waals surface area contributed by atoms with E-state index < -0.39 is 105 Å². The van der Waals surface area contributed by atoms with Crippen LogP contribution < -0.4 is 0 Å². The van der Waals surface area contributed by atoms with Gasteiger partial charge in [-0.2, -0.15) is 0 Å². The molecule has 4 aliphatic heterocycles. The van der Waals surface area contributed by atoms with Crippen LogP contribution in [0.4, 0.5) is 0 Å². The van der Waals surface area contributed by atoms with Crippen molar-refractivity contribution in [3.8, 4) is 0 Å². The van der Waals surface area contributed by atoms with Crippen LogP contribution in [-0.2, 0) is 33.2 Å². The Morgan fingerprint density at radius 3 is 1.35 bits per heavy atom. The Bertz CT molecular complexity index is 731. The molecule has 0 aromatic heterocycles. The van der Waals surface area contributed by atoms with Crippen LogP contribution in [0.3, 0.4) is 0 Å². The Morgan fingerprint density at radius 1 is 0.405 bits per heavy atom. The summed E-state index contributed by atoms with van der Waals surface area (Å²) in [5, 5.41) is 101. The zero-order chi connectivity index (χ0) is 27.0. The van der Waals surface area contributed by atoms with E-state index >= 15 is 0 Å². The standard InChI is InChI=1S/C20H34O17/c21-5-2-32-18(13(27)9(5)23)35-7-3-33-19(14(28)11(7)25)36-8-4-34-20(15(29)12(8)26)37-16-10(24)6(22)1-31-17(16)30/h5-30H,1-4H2/t5-,6+,7-,8-,9+,10-,11+,12+,13-,14-,15-,16+,17-,18+,19+,20+/m1/s1. The lowest BCUT2D eigenvalue weighted by Crippen LogP contribution is -2.62. The van der Waals surface area contributed by atoms with Gasteiger partial charge in [0, 0.05) is 0 Å². The third kappa shape index (κ3) is 6.23. The monoisotopic (exact) mass is 546 g/mol. The first-order chi connectivity index (χ1) is 17.5. The lowest BCUT2D eigenvalue weighted by Gasteiger charge is -2.44. The van der Waals surface area contributed by atoms with Crippen molar-refractivity contribution < 1.29 is 84.2 Å². The predicted molar refractivity (Wildman–Crippen MR) is 110 cm³/mol. The van der Waals surface area contributed by atoms with E-state index in [0.717, 1.165) is 0 Å². The van der Waals surface area contributed by atoms with Crippen LogP contribution in [0.25, 0.3) is 0 Å². The molecule has 16 atom stereocenters. The number of hydrogen-bond acceptors (Lipinski definition) is 17. The summed E-state index contributed by atoms with van der Waals surface area (Å²) < 4.78 is 36.9. The molecule has 4 saturated heterocycles. The predicted octanol–water partition coefficient (Wildman–Crippen LogP) is -7.19. The second-order valence-electron chi connectivity index (χ2n) is 9.35. The molecule has 0 saturated carbocycles. The van der Waals surface area contributed by atoms with Gasteiger partial charge in [-0.25, -0.2) is 0 Å². The Balaban J connectivity index is 1.28. The lowest BCUT2D eigenvalue weighted by atomic mass is 10.0. The average Bonchev–Trinajstić information content (AvgIpc) is 2.87. The molecule has 0 unspecified atom stereocenters. The van der Waals surface area contributed by atoms with E-state index in [9.17, 15) is 51.1 Å². The van der Waals surface area contributed by atoms with Crippen LogP contribution in [0.1, 0.15) is 0 Å². The largest absolute Gasteiger partial charge is 0.388 e. The first kappa shape index (κ1) is 29.3. The van der Waals surface area contributed by atoms with E-state index in [4.69, 9.17) is 33.2 Å². The van der Waals surface area contributed by atoms with Crippen LogP contribution in [0.15, 0.2) is 0 Å². The summed E-state index contributed by atoms with van der Waals surface area (Å²) in [4.78, 5) is 0. The Morgan fingerprint density at radius 2 is 0.811 bits per heavy atom. The highest BCUT2D eigenvalue weighted by atomic mass is 16.8. The fourth-order valence-electron chi connectivity index (χ4n) is 4.34. The first-order valence-corrected chi connectivity index (χ1v) is 11.7. The maximum atomic E-state index is 10.5. The summed E-state index contributed by atoms with van der Waals surface area (Å²) >= 11 is 0. The van der Waals surface area contributed by atoms with Gasteiger partial charge in [-0.1, -0.05) is 0 Å². The maximum absolute atomic E-state index is 10.5. The maximum Gasteiger partial charge on any atom is 0.186 e. The number of aliphatic hydroxyl groups excluding tert-OH is 10. The zero-order valence-corrected chi connectivity index (χ0v) is 19.4. The quantitative estimate of drug-likeness (QED) is 0.148. The summed E-state index contributed by atoms with van der Waals surface area (Å²) in [5.41, 5.74) is 0. The topological polar surface area (TPSA) is 267 Å². The molecule has 0 aromatic carbocycles. The van der Waals surface area contributed by atoms with Crippen molar-refractivity contribution in [2.75, 3.05) is 26.4 Å². The second-order valence-corrected chi connectivity index (χ2v) is 9.35. The first-order valence-electron chi connectivity index (χ1n) is 11.7. The van der Waals surface area contributed by atoms with Gasteiger partial charge in [-0.3, -0.25) is 0 Å². The molecular formula is C20H34O17. The molecule has 0 amide bonds. The average molecular weight is 546 g/mol. The minimum atomic E-state index is -1.76. The zero-order valence-electron chi connectivity index (χ0n) is 19.4. The van der Waals surface area contributed by atoms with Crippen LogP contribution >= 0.6 is 0 Å². The molecule has 4 rings (SSSR count). The summed E-state index contributed by atoms with van der Waals surface area (Å²) in [6, 6.07) is 0. The van der Waals surface area contributed by atoms with E-state index in [1.807, 2.05) is 0 Å². The van der Waals surface area contributed by atoms with Gasteiger partial charge in [0.2, 0.25) is 0 Å². The van der Waals surface area contributed by atoms with Crippen molar-refractivity contribution >= 4 is 0 Å². The molecule has 0 aromatic rings. The molecule has 0 bridgehead atoms. The number of ether oxygens (including phenoxy) is 7. The summed E-state index contributed by atoms with van der Waals surface area (Å²) in [6.07, 6.45) is -24.3. The lowest BCUT2D eigenvalue weighted by molar-refractivity contribution is -0.361. The molecule has 4 aliphatic rings. The SMILES string of the molecule is O[C@@H]1[C@@H](O)[C@H](O[C@@H]2CO[C@@H](O[C@@H]3CO[C@@H](O[C@H]4[C@H](O)[C@@H](O)CO[C@H]4O)[C@H](O)[C@H]3O)[C@H](O)[C@H]2O)OC[C@H]1O. The molecule has 37 heavy (non-hydrogen) atoms. The summed E-state index contributed by atoms with van der Waals surface area (Å²) in [7, 11) is 0. The van der Waals surface area contributed by atoms with Crippen molar-refractivity contribution in [3.05, 3.63) is 0 Å². The second kappa shape index (κ2) is 12.2. The molecular weight excluding hydrogens is 512 g/mol. The highest BCUT2D eigenvalue weighted by molar-refractivity contribution is 4.91. The summed E-state index contributed by atoms with van der Waals surface area (Å²) in [5.74, 6) is 0. The van der Waals surface area contributed by atoms with Crippen LogP contribution in [0.2, 0.25) is 0 Å². The molecule has 0 spiro atoms. The molecule has 4 heterocycles. The Kier molecular flexibility index (Phi) is 9.69. The van der Waals surface area contributed by atoms with Crippen LogP contribution in [-0.4, -0.2) is 176 Å². The minimum absolute atomic E-state index is 0.334. The van der Waals surface area contributed by atoms with Crippen molar-refractivity contribution in [1.29, 1.82) is 0 Å². The smallest absolute Gasteiger partial charge is 0.186 e. The van der Waals surface area contributed by atoms with E-state index in [2.05, 4.69) is 0 Å². The summed E-state index contributed by atoms with van der Waals surface area (Å²) in [6.45, 7) is -1.45. The van der Waals surface area contributed by atoms with Crippen LogP contribution in [0.5, 0.6) is 0 Å². The van der Waals surface area contributed by atoms with Gasteiger partial charge >= 0.3 is 0 Å². The van der Waals surface area contributed by atoms with E-state index in [1.165, 1.54) is 0 Å². The fraction of sp³-hybridized carbons (Fsp3) is 1.00. The van der Waals surface area contributed by atoms with Gasteiger partial charge < -0.3 is 84.2 Å². The van der Waals surface area contributed by atoms with Crippen molar-refractivity contribution in [2.45, 2.75) is 98.4 Å². The van der Waals surface area contributed by atoms with Crippen LogP contribution in [0, 0.1) is 0 Å². The highest BCUT2D eigenvalue weighted by Crippen LogP contribution is 2.28. The van der Waals surface area contributed by atoms with Gasteiger partial charge in [0.15, 0.2) is 25.2 Å². The van der Waals surface area contributed by atoms with E-state index in [0.29, 0.717) is 0 Å². The van der Waals surface area contributed by atoms with Gasteiger partial charge in [-0.15, -0.1) is 0 Å². The minimum Gasteiger partial charge on any atom is -0.388 e. The molecule has 0 radical (unpaired) electrons. The van der Waals surface area contributed by atoms with E-state index in [-0.39, 0.29) is 19.8 Å². The molecule has 4 fully saturated rings.